The normalized spacial score (nSPS) is 17.9. The molecule has 0 spiro atoms. The average molecular weight is 278 g/mol. The Kier molecular flexibility index (Phi) is 4.23. The molecular weight excluding hydrogens is 256 g/mol. The molecule has 0 bridgehead atoms. The highest BCUT2D eigenvalue weighted by molar-refractivity contribution is 5.85. The highest BCUT2D eigenvalue weighted by atomic mass is 16.5. The second-order valence-corrected chi connectivity index (χ2v) is 5.48. The van der Waals surface area contributed by atoms with E-state index in [1.54, 1.807) is 0 Å². The molecule has 6 heteroatoms. The number of aryl methyl sites for hydroxylation is 1. The van der Waals surface area contributed by atoms with Gasteiger partial charge in [0.05, 0.1) is 7.11 Å². The highest BCUT2D eigenvalue weighted by Crippen LogP contribution is 2.25. The predicted octanol–water partition coefficient (Wildman–Crippen LogP) is 1.15. The minimum absolute atomic E-state index is 0.129. The number of carbonyl (C=O) groups is 1. The van der Waals surface area contributed by atoms with Crippen molar-refractivity contribution in [2.24, 2.45) is 0 Å². The second-order valence-electron chi connectivity index (χ2n) is 5.48. The van der Waals surface area contributed by atoms with Crippen molar-refractivity contribution in [3.8, 4) is 0 Å². The number of ether oxygens (including phenoxy) is 1. The van der Waals surface area contributed by atoms with E-state index in [0.29, 0.717) is 0 Å². The van der Waals surface area contributed by atoms with Gasteiger partial charge in [-0.2, -0.15) is 0 Å². The van der Waals surface area contributed by atoms with Gasteiger partial charge in [-0.15, -0.1) is 0 Å². The lowest BCUT2D eigenvalue weighted by Crippen LogP contribution is -2.50. The monoisotopic (exact) mass is 278 g/mol. The summed E-state index contributed by atoms with van der Waals surface area (Å²) in [5.74, 6) is 0.438. The van der Waals surface area contributed by atoms with Crippen LogP contribution in [0.4, 0.5) is 5.82 Å². The molecule has 2 rings (SSSR count). The van der Waals surface area contributed by atoms with Crippen molar-refractivity contribution in [3.63, 3.8) is 0 Å². The summed E-state index contributed by atoms with van der Waals surface area (Å²) in [5.41, 5.74) is 0.960. The first kappa shape index (κ1) is 14.7. The van der Waals surface area contributed by atoms with Gasteiger partial charge in [0.25, 0.3) is 0 Å². The summed E-state index contributed by atoms with van der Waals surface area (Å²) in [6.07, 6.45) is 2.08. The first-order chi connectivity index (χ1) is 9.47. The molecule has 6 nitrogen and oxygen atoms in total. The molecule has 110 valence electrons. The van der Waals surface area contributed by atoms with Crippen molar-refractivity contribution in [1.82, 2.24) is 15.3 Å². The fourth-order valence-electron chi connectivity index (χ4n) is 2.38. The van der Waals surface area contributed by atoms with Gasteiger partial charge in [0.2, 0.25) is 5.82 Å². The molecule has 0 amide bonds. The number of aromatic nitrogens is 2. The molecule has 0 saturated carbocycles. The topological polar surface area (TPSA) is 67.4 Å². The Bertz CT molecular complexity index is 496. The lowest BCUT2D eigenvalue weighted by Gasteiger charge is -2.39. The predicted molar refractivity (Wildman–Crippen MR) is 77.0 cm³/mol. The Labute approximate surface area is 119 Å². The summed E-state index contributed by atoms with van der Waals surface area (Å²) in [6.45, 7) is 5.91. The molecule has 0 aliphatic carbocycles. The van der Waals surface area contributed by atoms with Crippen molar-refractivity contribution in [3.05, 3.63) is 17.6 Å². The van der Waals surface area contributed by atoms with Crippen LogP contribution in [0.3, 0.4) is 0 Å². The van der Waals surface area contributed by atoms with E-state index < -0.39 is 5.97 Å². The van der Waals surface area contributed by atoms with Crippen LogP contribution in [-0.4, -0.2) is 48.7 Å². The molecule has 20 heavy (non-hydrogen) atoms. The van der Waals surface area contributed by atoms with Gasteiger partial charge >= 0.3 is 5.97 Å². The number of nitrogens with zero attached hydrogens (tertiary/aromatic N) is 3. The van der Waals surface area contributed by atoms with E-state index in [4.69, 9.17) is 4.74 Å². The van der Waals surface area contributed by atoms with Gasteiger partial charge in [0.1, 0.15) is 5.82 Å². The fraction of sp³-hybridized carbons (Fsp3) is 0.643. The fourth-order valence-corrected chi connectivity index (χ4v) is 2.38. The van der Waals surface area contributed by atoms with Crippen LogP contribution in [-0.2, 0) is 4.74 Å². The van der Waals surface area contributed by atoms with Gasteiger partial charge in [0, 0.05) is 30.4 Å². The zero-order valence-electron chi connectivity index (χ0n) is 12.6. The first-order valence-electron chi connectivity index (χ1n) is 6.85. The minimum Gasteiger partial charge on any atom is -0.463 e. The summed E-state index contributed by atoms with van der Waals surface area (Å²) < 4.78 is 4.69. The maximum atomic E-state index is 11.6. The molecule has 0 radical (unpaired) electrons. The second kappa shape index (κ2) is 5.75. The molecule has 2 heterocycles. The number of piperidine rings is 1. The van der Waals surface area contributed by atoms with Gasteiger partial charge in [-0.1, -0.05) is 0 Å². The average Bonchev–Trinajstić information content (AvgIpc) is 2.46. The Hall–Kier alpha value is -1.69. The lowest BCUT2D eigenvalue weighted by molar-refractivity contribution is 0.0586. The SMILES string of the molecule is CNC1(C)CCN(c2cc(C)nc(C(=O)OC)n2)CC1. The quantitative estimate of drug-likeness (QED) is 0.837. The van der Waals surface area contributed by atoms with Crippen molar-refractivity contribution < 1.29 is 9.53 Å². The number of nitrogens with one attached hydrogen (secondary N) is 1. The summed E-state index contributed by atoms with van der Waals surface area (Å²) >= 11 is 0. The molecular formula is C14H22N4O2. The number of rotatable bonds is 3. The Morgan fingerprint density at radius 1 is 1.40 bits per heavy atom. The van der Waals surface area contributed by atoms with Crippen LogP contribution in [0.25, 0.3) is 0 Å². The van der Waals surface area contributed by atoms with Crippen LogP contribution in [0.2, 0.25) is 0 Å². The largest absolute Gasteiger partial charge is 0.463 e. The van der Waals surface area contributed by atoms with Gasteiger partial charge in [0.15, 0.2) is 0 Å². The van der Waals surface area contributed by atoms with Crippen LogP contribution in [0.5, 0.6) is 0 Å². The standard InChI is InChI=1S/C14H22N4O2/c1-10-9-11(17-12(16-10)13(19)20-4)18-7-5-14(2,15-3)6-8-18/h9,15H,5-8H2,1-4H3. The summed E-state index contributed by atoms with van der Waals surface area (Å²) in [5, 5.41) is 3.37. The Morgan fingerprint density at radius 2 is 2.05 bits per heavy atom. The molecule has 1 aliphatic heterocycles. The van der Waals surface area contributed by atoms with Crippen molar-refractivity contribution in [1.29, 1.82) is 0 Å². The zero-order chi connectivity index (χ0) is 14.8. The molecule has 1 fully saturated rings. The summed E-state index contributed by atoms with van der Waals surface area (Å²) in [4.78, 5) is 22.2. The third kappa shape index (κ3) is 3.07. The van der Waals surface area contributed by atoms with Gasteiger partial charge in [-0.05, 0) is 33.7 Å². The van der Waals surface area contributed by atoms with Crippen molar-refractivity contribution >= 4 is 11.8 Å². The number of carbonyl (C=O) groups excluding carboxylic acids is 1. The van der Waals surface area contributed by atoms with Crippen LogP contribution in [0.15, 0.2) is 6.07 Å². The van der Waals surface area contributed by atoms with Crippen LogP contribution < -0.4 is 10.2 Å². The van der Waals surface area contributed by atoms with Gasteiger partial charge in [-0.3, -0.25) is 0 Å². The van der Waals surface area contributed by atoms with Gasteiger partial charge < -0.3 is 15.0 Å². The third-order valence-corrected chi connectivity index (χ3v) is 4.00. The number of esters is 1. The molecule has 1 N–H and O–H groups in total. The van der Waals surface area contributed by atoms with Crippen LogP contribution in [0, 0.1) is 6.92 Å². The molecule has 1 aromatic heterocycles. The van der Waals surface area contributed by atoms with Crippen LogP contribution in [0.1, 0.15) is 36.1 Å². The first-order valence-corrected chi connectivity index (χ1v) is 6.85. The summed E-state index contributed by atoms with van der Waals surface area (Å²) in [6, 6.07) is 1.91. The molecule has 1 aliphatic rings. The summed E-state index contributed by atoms with van der Waals surface area (Å²) in [7, 11) is 3.34. The number of hydrogen-bond donors (Lipinski definition) is 1. The van der Waals surface area contributed by atoms with Crippen molar-refractivity contribution in [2.75, 3.05) is 32.1 Å². The van der Waals surface area contributed by atoms with E-state index >= 15 is 0 Å². The van der Waals surface area contributed by atoms with E-state index in [2.05, 4.69) is 27.1 Å². The van der Waals surface area contributed by atoms with E-state index in [1.807, 2.05) is 20.0 Å². The lowest BCUT2D eigenvalue weighted by atomic mass is 9.90. The molecule has 1 aromatic rings. The van der Waals surface area contributed by atoms with E-state index in [0.717, 1.165) is 37.4 Å². The van der Waals surface area contributed by atoms with E-state index in [-0.39, 0.29) is 11.4 Å². The Balaban J connectivity index is 2.18. The molecule has 0 atom stereocenters. The van der Waals surface area contributed by atoms with Crippen LogP contribution >= 0.6 is 0 Å². The van der Waals surface area contributed by atoms with Crippen molar-refractivity contribution in [2.45, 2.75) is 32.2 Å². The number of hydrogen-bond acceptors (Lipinski definition) is 6. The maximum Gasteiger partial charge on any atom is 0.376 e. The van der Waals surface area contributed by atoms with Gasteiger partial charge in [-0.25, -0.2) is 14.8 Å². The number of methoxy groups -OCH3 is 1. The smallest absolute Gasteiger partial charge is 0.376 e. The molecule has 0 aromatic carbocycles. The highest BCUT2D eigenvalue weighted by Gasteiger charge is 2.29. The van der Waals surface area contributed by atoms with E-state index in [9.17, 15) is 4.79 Å². The third-order valence-electron chi connectivity index (χ3n) is 4.00. The number of anilines is 1. The zero-order valence-corrected chi connectivity index (χ0v) is 12.6. The molecule has 0 unspecified atom stereocenters. The maximum absolute atomic E-state index is 11.6. The Morgan fingerprint density at radius 3 is 2.60 bits per heavy atom. The van der Waals surface area contributed by atoms with E-state index in [1.165, 1.54) is 7.11 Å². The minimum atomic E-state index is -0.493. The molecule has 1 saturated heterocycles.